The number of nitrogens with zero attached hydrogens (tertiary/aromatic N) is 2. The Morgan fingerprint density at radius 3 is 2.56 bits per heavy atom. The van der Waals surface area contributed by atoms with Crippen LogP contribution in [0.2, 0.25) is 5.02 Å². The van der Waals surface area contributed by atoms with Crippen LogP contribution in [0.4, 0.5) is 8.78 Å². The average molecular weight is 336 g/mol. The van der Waals surface area contributed by atoms with Gasteiger partial charge in [0.05, 0.1) is 27.4 Å². The molecule has 0 saturated carbocycles. The van der Waals surface area contributed by atoms with Crippen molar-refractivity contribution in [1.29, 1.82) is 0 Å². The van der Waals surface area contributed by atoms with Gasteiger partial charge >= 0.3 is 0 Å². The Hall–Kier alpha value is -0.940. The smallest absolute Gasteiger partial charge is 0.145 e. The first kappa shape index (κ1) is 13.5. The second-order valence-electron chi connectivity index (χ2n) is 3.96. The van der Waals surface area contributed by atoms with Crippen LogP contribution >= 0.6 is 27.5 Å². The molecule has 0 aliphatic rings. The van der Waals surface area contributed by atoms with E-state index in [2.05, 4.69) is 21.0 Å². The molecule has 0 aliphatic heterocycles. The normalized spacial score (nSPS) is 11.0. The third kappa shape index (κ3) is 2.29. The van der Waals surface area contributed by atoms with Gasteiger partial charge in [-0.25, -0.2) is 8.78 Å². The fourth-order valence-electron chi connectivity index (χ4n) is 1.69. The van der Waals surface area contributed by atoms with Crippen LogP contribution in [0.15, 0.2) is 16.6 Å². The Kier molecular flexibility index (Phi) is 3.73. The molecule has 6 heteroatoms. The fraction of sp³-hybridized carbons (Fsp3) is 0.250. The number of rotatable bonds is 2. The summed E-state index contributed by atoms with van der Waals surface area (Å²) in [6.45, 7) is 3.52. The van der Waals surface area contributed by atoms with Gasteiger partial charge in [-0.1, -0.05) is 11.6 Å². The molecule has 0 spiro atoms. The van der Waals surface area contributed by atoms with E-state index in [-0.39, 0.29) is 16.6 Å². The summed E-state index contributed by atoms with van der Waals surface area (Å²) in [5, 5.41) is 4.67. The number of hydrogen-bond donors (Lipinski definition) is 0. The second kappa shape index (κ2) is 4.97. The number of halogens is 4. The fourth-order valence-corrected chi connectivity index (χ4v) is 2.20. The van der Waals surface area contributed by atoms with E-state index in [1.165, 1.54) is 16.8 Å². The van der Waals surface area contributed by atoms with Crippen LogP contribution < -0.4 is 0 Å². The zero-order chi connectivity index (χ0) is 13.4. The van der Waals surface area contributed by atoms with Crippen molar-refractivity contribution in [3.8, 4) is 0 Å². The number of aromatic nitrogens is 2. The van der Waals surface area contributed by atoms with Crippen LogP contribution in [0, 0.1) is 25.5 Å². The molecule has 0 radical (unpaired) electrons. The van der Waals surface area contributed by atoms with Gasteiger partial charge in [-0.2, -0.15) is 5.10 Å². The highest BCUT2D eigenvalue weighted by Crippen LogP contribution is 2.24. The molecule has 96 valence electrons. The third-order valence-corrected chi connectivity index (χ3v) is 3.90. The SMILES string of the molecule is Cc1nn(Cc2c(F)ccc(Br)c2F)c(C)c1Cl. The molecule has 1 aromatic heterocycles. The van der Waals surface area contributed by atoms with E-state index in [1.807, 2.05) is 0 Å². The highest BCUT2D eigenvalue weighted by molar-refractivity contribution is 9.10. The van der Waals surface area contributed by atoms with Crippen molar-refractivity contribution in [2.45, 2.75) is 20.4 Å². The Morgan fingerprint density at radius 1 is 1.33 bits per heavy atom. The number of hydrogen-bond acceptors (Lipinski definition) is 1. The standard InChI is InChI=1S/C12H10BrClF2N2/c1-6-11(14)7(2)18(17-6)5-8-10(15)4-3-9(13)12(8)16/h3-4H,5H2,1-2H3. The summed E-state index contributed by atoms with van der Waals surface area (Å²) in [5.41, 5.74) is 1.30. The van der Waals surface area contributed by atoms with Gasteiger partial charge in [-0.15, -0.1) is 0 Å². The first-order chi connectivity index (χ1) is 8.41. The van der Waals surface area contributed by atoms with Gasteiger partial charge in [-0.05, 0) is 41.9 Å². The molecule has 0 unspecified atom stereocenters. The van der Waals surface area contributed by atoms with Crippen LogP contribution in [0.1, 0.15) is 17.0 Å². The Bertz CT molecular complexity index is 611. The summed E-state index contributed by atoms with van der Waals surface area (Å²) in [4.78, 5) is 0. The molecule has 0 bridgehead atoms. The summed E-state index contributed by atoms with van der Waals surface area (Å²) in [7, 11) is 0. The summed E-state index contributed by atoms with van der Waals surface area (Å²) in [6.07, 6.45) is 0. The van der Waals surface area contributed by atoms with Crippen LogP contribution in [0.3, 0.4) is 0 Å². The lowest BCUT2D eigenvalue weighted by Crippen LogP contribution is -2.08. The predicted molar refractivity (Wildman–Crippen MR) is 69.9 cm³/mol. The quantitative estimate of drug-likeness (QED) is 0.751. The minimum absolute atomic E-state index is 0.0104. The molecular formula is C12H10BrClF2N2. The Balaban J connectivity index is 2.46. The van der Waals surface area contributed by atoms with Gasteiger partial charge in [-0.3, -0.25) is 4.68 Å². The first-order valence-electron chi connectivity index (χ1n) is 5.23. The lowest BCUT2D eigenvalue weighted by molar-refractivity contribution is 0.525. The van der Waals surface area contributed by atoms with Gasteiger partial charge in [0, 0.05) is 5.56 Å². The largest absolute Gasteiger partial charge is 0.263 e. The molecule has 2 aromatic rings. The van der Waals surface area contributed by atoms with Crippen molar-refractivity contribution in [2.75, 3.05) is 0 Å². The molecule has 0 saturated heterocycles. The highest BCUT2D eigenvalue weighted by atomic mass is 79.9. The summed E-state index contributed by atoms with van der Waals surface area (Å²) in [5.74, 6) is -1.21. The summed E-state index contributed by atoms with van der Waals surface area (Å²) < 4.78 is 29.2. The van der Waals surface area contributed by atoms with Crippen molar-refractivity contribution < 1.29 is 8.78 Å². The van der Waals surface area contributed by atoms with E-state index in [9.17, 15) is 8.78 Å². The first-order valence-corrected chi connectivity index (χ1v) is 6.40. The lowest BCUT2D eigenvalue weighted by Gasteiger charge is -2.08. The maximum atomic E-state index is 13.8. The van der Waals surface area contributed by atoms with Crippen molar-refractivity contribution in [2.24, 2.45) is 0 Å². The zero-order valence-corrected chi connectivity index (χ0v) is 12.1. The molecule has 0 amide bonds. The molecule has 18 heavy (non-hydrogen) atoms. The van der Waals surface area contributed by atoms with E-state index >= 15 is 0 Å². The molecule has 2 nitrogen and oxygen atoms in total. The van der Waals surface area contributed by atoms with Crippen molar-refractivity contribution >= 4 is 27.5 Å². The number of benzene rings is 1. The van der Waals surface area contributed by atoms with E-state index in [0.717, 1.165) is 0 Å². The maximum Gasteiger partial charge on any atom is 0.145 e. The van der Waals surface area contributed by atoms with Gasteiger partial charge in [0.15, 0.2) is 0 Å². The maximum absolute atomic E-state index is 13.8. The van der Waals surface area contributed by atoms with Crippen LogP contribution in [-0.4, -0.2) is 9.78 Å². The van der Waals surface area contributed by atoms with E-state index in [1.54, 1.807) is 13.8 Å². The van der Waals surface area contributed by atoms with E-state index < -0.39 is 11.6 Å². The summed E-state index contributed by atoms with van der Waals surface area (Å²) in [6, 6.07) is 2.55. The van der Waals surface area contributed by atoms with Crippen molar-refractivity contribution in [3.63, 3.8) is 0 Å². The molecule has 0 fully saturated rings. The zero-order valence-electron chi connectivity index (χ0n) is 9.77. The Morgan fingerprint density at radius 2 is 2.00 bits per heavy atom. The molecule has 1 aromatic carbocycles. The molecule has 2 rings (SSSR count). The number of aryl methyl sites for hydroxylation is 1. The average Bonchev–Trinajstić information content (AvgIpc) is 2.57. The predicted octanol–water partition coefficient (Wildman–Crippen LogP) is 4.24. The molecule has 0 aliphatic carbocycles. The topological polar surface area (TPSA) is 17.8 Å². The van der Waals surface area contributed by atoms with Gasteiger partial charge in [0.25, 0.3) is 0 Å². The third-order valence-electron chi connectivity index (χ3n) is 2.74. The molecule has 0 atom stereocenters. The minimum Gasteiger partial charge on any atom is -0.263 e. The van der Waals surface area contributed by atoms with E-state index in [4.69, 9.17) is 11.6 Å². The van der Waals surface area contributed by atoms with Gasteiger partial charge < -0.3 is 0 Å². The highest BCUT2D eigenvalue weighted by Gasteiger charge is 2.16. The van der Waals surface area contributed by atoms with E-state index in [0.29, 0.717) is 16.4 Å². The minimum atomic E-state index is -0.612. The van der Waals surface area contributed by atoms with Crippen molar-refractivity contribution in [3.05, 3.63) is 50.2 Å². The van der Waals surface area contributed by atoms with Crippen LogP contribution in [-0.2, 0) is 6.54 Å². The second-order valence-corrected chi connectivity index (χ2v) is 5.20. The van der Waals surface area contributed by atoms with Gasteiger partial charge in [0.2, 0.25) is 0 Å². The van der Waals surface area contributed by atoms with Crippen LogP contribution in [0.25, 0.3) is 0 Å². The lowest BCUT2D eigenvalue weighted by atomic mass is 10.2. The molecule has 0 N–H and O–H groups in total. The van der Waals surface area contributed by atoms with Crippen LogP contribution in [0.5, 0.6) is 0 Å². The van der Waals surface area contributed by atoms with Gasteiger partial charge in [0.1, 0.15) is 11.6 Å². The summed E-state index contributed by atoms with van der Waals surface area (Å²) >= 11 is 9.03. The Labute approximate surface area is 117 Å². The van der Waals surface area contributed by atoms with Crippen molar-refractivity contribution in [1.82, 2.24) is 9.78 Å². The molecular weight excluding hydrogens is 325 g/mol. The molecule has 1 heterocycles. The monoisotopic (exact) mass is 334 g/mol.